The van der Waals surface area contributed by atoms with Crippen molar-refractivity contribution in [1.82, 2.24) is 9.62 Å². The number of amides is 1. The number of nitrogens with one attached hydrogen (secondary N) is 1. The minimum Gasteiger partial charge on any atom is -0.353 e. The lowest BCUT2D eigenvalue weighted by Gasteiger charge is -2.30. The summed E-state index contributed by atoms with van der Waals surface area (Å²) in [6, 6.07) is 10.4. The monoisotopic (exact) mass is 352 g/mol. The van der Waals surface area contributed by atoms with Crippen LogP contribution in [0.2, 0.25) is 0 Å². The molecule has 5 nitrogen and oxygen atoms in total. The number of piperidine rings is 1. The Kier molecular flexibility index (Phi) is 6.80. The van der Waals surface area contributed by atoms with Gasteiger partial charge in [0.1, 0.15) is 0 Å². The van der Waals surface area contributed by atoms with Crippen LogP contribution in [0.15, 0.2) is 30.3 Å². The molecule has 1 aliphatic heterocycles. The first-order valence-corrected chi connectivity index (χ1v) is 10.4. The number of sulfonamides is 1. The molecule has 1 N–H and O–H groups in total. The number of aryl methyl sites for hydroxylation is 1. The summed E-state index contributed by atoms with van der Waals surface area (Å²) in [4.78, 5) is 12.4. The minimum atomic E-state index is -3.13. The van der Waals surface area contributed by atoms with Crippen LogP contribution in [0.25, 0.3) is 0 Å². The molecule has 1 aromatic rings. The first kappa shape index (κ1) is 18.9. The van der Waals surface area contributed by atoms with Gasteiger partial charge in [0, 0.05) is 25.0 Å². The molecule has 1 aliphatic rings. The Hall–Kier alpha value is -1.40. The van der Waals surface area contributed by atoms with Crippen LogP contribution in [0.3, 0.4) is 0 Å². The van der Waals surface area contributed by atoms with Crippen LogP contribution in [0.1, 0.15) is 38.7 Å². The van der Waals surface area contributed by atoms with E-state index in [1.165, 1.54) is 9.87 Å². The van der Waals surface area contributed by atoms with Gasteiger partial charge in [-0.1, -0.05) is 30.3 Å². The second-order valence-electron chi connectivity index (χ2n) is 6.51. The normalized spacial score (nSPS) is 18.2. The summed E-state index contributed by atoms with van der Waals surface area (Å²) in [7, 11) is -3.13. The smallest absolute Gasteiger partial charge is 0.223 e. The molecule has 0 spiro atoms. The predicted octanol–water partition coefficient (Wildman–Crippen LogP) is 2.19. The summed E-state index contributed by atoms with van der Waals surface area (Å²) in [5, 5.41) is 3.08. The molecule has 1 heterocycles. The third-order valence-corrected chi connectivity index (χ3v) is 6.56. The molecule has 134 valence electrons. The summed E-state index contributed by atoms with van der Waals surface area (Å²) in [6.07, 6.45) is 3.06. The van der Waals surface area contributed by atoms with Gasteiger partial charge in [0.15, 0.2) is 0 Å². The van der Waals surface area contributed by atoms with Crippen molar-refractivity contribution in [2.24, 2.45) is 5.92 Å². The van der Waals surface area contributed by atoms with E-state index >= 15 is 0 Å². The molecule has 1 saturated heterocycles. The van der Waals surface area contributed by atoms with Gasteiger partial charge in [0.05, 0.1) is 5.75 Å². The Labute approximate surface area is 145 Å². The lowest BCUT2D eigenvalue weighted by atomic mass is 9.96. The van der Waals surface area contributed by atoms with Gasteiger partial charge >= 0.3 is 0 Å². The molecule has 1 fully saturated rings. The number of hydrogen-bond donors (Lipinski definition) is 1. The van der Waals surface area contributed by atoms with Gasteiger partial charge in [-0.25, -0.2) is 12.7 Å². The number of carbonyl (C=O) groups excluding carboxylic acids is 1. The first-order chi connectivity index (χ1) is 11.4. The fourth-order valence-corrected chi connectivity index (χ4v) is 4.17. The minimum absolute atomic E-state index is 0.0594. The van der Waals surface area contributed by atoms with Crippen molar-refractivity contribution in [3.63, 3.8) is 0 Å². The van der Waals surface area contributed by atoms with Gasteiger partial charge in [-0.2, -0.15) is 0 Å². The maximum atomic E-state index is 12.4. The molecule has 24 heavy (non-hydrogen) atoms. The van der Waals surface area contributed by atoms with E-state index in [1.54, 1.807) is 6.92 Å². The van der Waals surface area contributed by atoms with Crippen LogP contribution in [0, 0.1) is 5.92 Å². The summed E-state index contributed by atoms with van der Waals surface area (Å²) in [6.45, 7) is 4.58. The van der Waals surface area contributed by atoms with Crippen LogP contribution in [-0.2, 0) is 21.2 Å². The van der Waals surface area contributed by atoms with Crippen molar-refractivity contribution in [1.29, 1.82) is 0 Å². The molecule has 2 rings (SSSR count). The lowest BCUT2D eigenvalue weighted by Crippen LogP contribution is -2.45. The van der Waals surface area contributed by atoms with Crippen LogP contribution in [-0.4, -0.2) is 43.5 Å². The van der Waals surface area contributed by atoms with E-state index in [1.807, 2.05) is 25.1 Å². The van der Waals surface area contributed by atoms with Gasteiger partial charge in [-0.05, 0) is 45.1 Å². The maximum Gasteiger partial charge on any atom is 0.223 e. The maximum absolute atomic E-state index is 12.4. The second kappa shape index (κ2) is 8.62. The molecule has 0 saturated carbocycles. The zero-order chi connectivity index (χ0) is 17.6. The molecular formula is C18H28N2O3S. The van der Waals surface area contributed by atoms with Crippen LogP contribution < -0.4 is 5.32 Å². The van der Waals surface area contributed by atoms with Gasteiger partial charge in [0.2, 0.25) is 15.9 Å². The standard InChI is InChI=1S/C18H28N2O3S/c1-3-24(22,23)20-13-11-17(12-14-20)18(21)19-15(2)9-10-16-7-5-4-6-8-16/h4-8,15,17H,3,9-14H2,1-2H3,(H,19,21)/t15-/m0/s1. The van der Waals surface area contributed by atoms with Gasteiger partial charge in [-0.3, -0.25) is 4.79 Å². The SMILES string of the molecule is CCS(=O)(=O)N1CCC(C(=O)N[C@@H](C)CCc2ccccc2)CC1. The Morgan fingerprint density at radius 1 is 1.25 bits per heavy atom. The van der Waals surface area contributed by atoms with E-state index in [-0.39, 0.29) is 23.6 Å². The summed E-state index contributed by atoms with van der Waals surface area (Å²) < 4.78 is 25.2. The van der Waals surface area contributed by atoms with Crippen molar-refractivity contribution >= 4 is 15.9 Å². The molecule has 0 unspecified atom stereocenters. The van der Waals surface area contributed by atoms with Crippen molar-refractivity contribution in [3.8, 4) is 0 Å². The number of carbonyl (C=O) groups is 1. The van der Waals surface area contributed by atoms with E-state index in [0.717, 1.165) is 12.8 Å². The summed E-state index contributed by atoms with van der Waals surface area (Å²) in [5.74, 6) is 0.108. The fraction of sp³-hybridized carbons (Fsp3) is 0.611. The van der Waals surface area contributed by atoms with Gasteiger partial charge < -0.3 is 5.32 Å². The molecule has 1 atom stereocenters. The zero-order valence-electron chi connectivity index (χ0n) is 14.6. The molecule has 6 heteroatoms. The van der Waals surface area contributed by atoms with Crippen molar-refractivity contribution in [2.75, 3.05) is 18.8 Å². The first-order valence-electron chi connectivity index (χ1n) is 8.74. The zero-order valence-corrected chi connectivity index (χ0v) is 15.4. The van der Waals surface area contributed by atoms with E-state index in [4.69, 9.17) is 0 Å². The number of hydrogen-bond acceptors (Lipinski definition) is 3. The highest BCUT2D eigenvalue weighted by atomic mass is 32.2. The Morgan fingerprint density at radius 3 is 2.46 bits per heavy atom. The summed E-state index contributed by atoms with van der Waals surface area (Å²) in [5.41, 5.74) is 1.27. The number of rotatable bonds is 7. The van der Waals surface area contributed by atoms with Gasteiger partial charge in [-0.15, -0.1) is 0 Å². The molecule has 0 bridgehead atoms. The average molecular weight is 353 g/mol. The van der Waals surface area contributed by atoms with Crippen LogP contribution in [0.4, 0.5) is 0 Å². The van der Waals surface area contributed by atoms with Crippen molar-refractivity contribution in [2.45, 2.75) is 45.6 Å². The Bertz CT molecular complexity index is 623. The summed E-state index contributed by atoms with van der Waals surface area (Å²) >= 11 is 0. The largest absolute Gasteiger partial charge is 0.353 e. The predicted molar refractivity (Wildman–Crippen MR) is 96.1 cm³/mol. The third-order valence-electron chi connectivity index (χ3n) is 4.68. The number of benzene rings is 1. The molecule has 1 aromatic carbocycles. The van der Waals surface area contributed by atoms with E-state index in [2.05, 4.69) is 17.4 Å². The van der Waals surface area contributed by atoms with Gasteiger partial charge in [0.25, 0.3) is 0 Å². The van der Waals surface area contributed by atoms with Crippen LogP contribution in [0.5, 0.6) is 0 Å². The highest BCUT2D eigenvalue weighted by molar-refractivity contribution is 7.89. The molecule has 0 radical (unpaired) electrons. The Morgan fingerprint density at radius 2 is 1.88 bits per heavy atom. The molecule has 1 amide bonds. The van der Waals surface area contributed by atoms with Crippen molar-refractivity contribution < 1.29 is 13.2 Å². The van der Waals surface area contributed by atoms with Crippen LogP contribution >= 0.6 is 0 Å². The highest BCUT2D eigenvalue weighted by Gasteiger charge is 2.30. The van der Waals surface area contributed by atoms with Crippen molar-refractivity contribution in [3.05, 3.63) is 35.9 Å². The molecular weight excluding hydrogens is 324 g/mol. The molecule has 0 aliphatic carbocycles. The highest BCUT2D eigenvalue weighted by Crippen LogP contribution is 2.20. The third kappa shape index (κ3) is 5.31. The van der Waals surface area contributed by atoms with E-state index in [9.17, 15) is 13.2 Å². The Balaban J connectivity index is 1.75. The van der Waals surface area contributed by atoms with E-state index < -0.39 is 10.0 Å². The van der Waals surface area contributed by atoms with E-state index in [0.29, 0.717) is 25.9 Å². The average Bonchev–Trinajstić information content (AvgIpc) is 2.61. The number of nitrogens with zero attached hydrogens (tertiary/aromatic N) is 1. The lowest BCUT2D eigenvalue weighted by molar-refractivity contribution is -0.126. The second-order valence-corrected chi connectivity index (χ2v) is 8.77. The fourth-order valence-electron chi connectivity index (χ4n) is 3.04. The molecule has 0 aromatic heterocycles. The topological polar surface area (TPSA) is 66.5 Å². The quantitative estimate of drug-likeness (QED) is 0.818.